The summed E-state index contributed by atoms with van der Waals surface area (Å²) in [6, 6.07) is 0. The summed E-state index contributed by atoms with van der Waals surface area (Å²) in [6.07, 6.45) is 16.8. The normalized spacial score (nSPS) is 12.2. The van der Waals surface area contributed by atoms with Crippen LogP contribution in [0.2, 0.25) is 0 Å². The van der Waals surface area contributed by atoms with E-state index < -0.39 is 0 Å². The summed E-state index contributed by atoms with van der Waals surface area (Å²) in [5.41, 5.74) is 0. The Morgan fingerprint density at radius 2 is 1.00 bits per heavy atom. The fourth-order valence-electron chi connectivity index (χ4n) is 2.22. The molecular weight excluding hydrogens is 215 g/mol. The first-order chi connectivity index (χ1) is 7.81. The second-order valence-electron chi connectivity index (χ2n) is 5.27. The molecule has 0 saturated carbocycles. The van der Waals surface area contributed by atoms with Crippen LogP contribution >= 0.6 is 0 Å². The van der Waals surface area contributed by atoms with Gasteiger partial charge in [0.2, 0.25) is 0 Å². The van der Waals surface area contributed by atoms with Crippen LogP contribution in [0.4, 0.5) is 0 Å². The summed E-state index contributed by atoms with van der Waals surface area (Å²) >= 11 is 0. The van der Waals surface area contributed by atoms with E-state index in [1.54, 1.807) is 0 Å². The Labute approximate surface area is 133 Å². The summed E-state index contributed by atoms with van der Waals surface area (Å²) in [5, 5.41) is 0. The topological polar surface area (TPSA) is 0 Å². The monoisotopic (exact) mass is 249 g/mol. The van der Waals surface area contributed by atoms with Crippen molar-refractivity contribution in [2.24, 2.45) is 5.92 Å². The van der Waals surface area contributed by atoms with Gasteiger partial charge in [0.15, 0.2) is 0 Å². The van der Waals surface area contributed by atoms with E-state index in [1.165, 1.54) is 77.0 Å². The van der Waals surface area contributed by atoms with Gasteiger partial charge in [-0.1, -0.05) is 97.8 Å². The van der Waals surface area contributed by atoms with Gasteiger partial charge in [-0.2, -0.15) is 0 Å². The van der Waals surface area contributed by atoms with Crippen molar-refractivity contribution in [3.63, 3.8) is 0 Å². The Balaban J connectivity index is 0. The molecule has 1 radical (unpaired) electrons. The average molecular weight is 249 g/mol. The molecule has 0 aromatic heterocycles. The SMILES string of the molecule is [CH2]C(CCCCCC)CCCCCCCC.[NaH]. The molecule has 0 saturated heterocycles. The second-order valence-corrected chi connectivity index (χ2v) is 5.27. The van der Waals surface area contributed by atoms with Crippen LogP contribution in [0, 0.1) is 12.8 Å². The third kappa shape index (κ3) is 17.0. The van der Waals surface area contributed by atoms with Gasteiger partial charge in [0.25, 0.3) is 0 Å². The van der Waals surface area contributed by atoms with E-state index in [1.807, 2.05) is 0 Å². The molecule has 0 bridgehead atoms. The Bertz CT molecular complexity index is 123. The molecule has 0 aliphatic rings. The predicted octanol–water partition coefficient (Wildman–Crippen LogP) is 5.51. The summed E-state index contributed by atoms with van der Waals surface area (Å²) in [5.74, 6) is 0.725. The Kier molecular flexibility index (Phi) is 20.3. The second kappa shape index (κ2) is 17.0. The van der Waals surface area contributed by atoms with E-state index >= 15 is 0 Å². The summed E-state index contributed by atoms with van der Waals surface area (Å²) in [4.78, 5) is 0. The van der Waals surface area contributed by atoms with Gasteiger partial charge in [-0.15, -0.1) is 0 Å². The van der Waals surface area contributed by atoms with Crippen molar-refractivity contribution in [3.05, 3.63) is 6.92 Å². The van der Waals surface area contributed by atoms with Gasteiger partial charge >= 0.3 is 29.6 Å². The van der Waals surface area contributed by atoms with E-state index in [4.69, 9.17) is 0 Å². The molecule has 99 valence electrons. The molecule has 17 heavy (non-hydrogen) atoms. The van der Waals surface area contributed by atoms with E-state index in [9.17, 15) is 0 Å². The minimum absolute atomic E-state index is 0. The van der Waals surface area contributed by atoms with Crippen LogP contribution in [-0.4, -0.2) is 29.6 Å². The Hall–Kier alpha value is 1.00. The Morgan fingerprint density at radius 3 is 1.47 bits per heavy atom. The molecule has 0 rings (SSSR count). The molecule has 0 heterocycles. The maximum absolute atomic E-state index is 4.27. The van der Waals surface area contributed by atoms with Crippen molar-refractivity contribution in [1.29, 1.82) is 0 Å². The van der Waals surface area contributed by atoms with Crippen molar-refractivity contribution in [2.75, 3.05) is 0 Å². The zero-order valence-electron chi connectivity index (χ0n) is 11.8. The number of hydrogen-bond acceptors (Lipinski definition) is 0. The van der Waals surface area contributed by atoms with E-state index in [0.29, 0.717) is 0 Å². The minimum atomic E-state index is 0. The van der Waals surface area contributed by atoms with E-state index in [0.717, 1.165) is 5.92 Å². The van der Waals surface area contributed by atoms with Crippen molar-refractivity contribution in [1.82, 2.24) is 0 Å². The third-order valence-corrected chi connectivity index (χ3v) is 3.43. The van der Waals surface area contributed by atoms with Crippen LogP contribution in [0.1, 0.15) is 90.9 Å². The van der Waals surface area contributed by atoms with Gasteiger partial charge in [-0.25, -0.2) is 0 Å². The third-order valence-electron chi connectivity index (χ3n) is 3.43. The van der Waals surface area contributed by atoms with E-state index in [2.05, 4.69) is 20.8 Å². The fourth-order valence-corrected chi connectivity index (χ4v) is 2.22. The molecule has 0 N–H and O–H groups in total. The van der Waals surface area contributed by atoms with Gasteiger partial charge in [0.1, 0.15) is 0 Å². The molecular formula is C16H34Na. The molecule has 1 heteroatoms. The quantitative estimate of drug-likeness (QED) is 0.316. The first-order valence-electron chi connectivity index (χ1n) is 7.64. The predicted molar refractivity (Wildman–Crippen MR) is 82.7 cm³/mol. The van der Waals surface area contributed by atoms with Gasteiger partial charge in [0, 0.05) is 0 Å². The Morgan fingerprint density at radius 1 is 0.647 bits per heavy atom. The molecule has 0 spiro atoms. The summed E-state index contributed by atoms with van der Waals surface area (Å²) < 4.78 is 0. The van der Waals surface area contributed by atoms with Crippen LogP contribution < -0.4 is 0 Å². The maximum atomic E-state index is 4.27. The van der Waals surface area contributed by atoms with Gasteiger partial charge < -0.3 is 0 Å². The van der Waals surface area contributed by atoms with Gasteiger partial charge in [0.05, 0.1) is 0 Å². The van der Waals surface area contributed by atoms with Crippen molar-refractivity contribution >= 4 is 29.6 Å². The van der Waals surface area contributed by atoms with Crippen molar-refractivity contribution in [2.45, 2.75) is 90.9 Å². The molecule has 0 aromatic carbocycles. The number of unbranched alkanes of at least 4 members (excludes halogenated alkanes) is 8. The van der Waals surface area contributed by atoms with Crippen molar-refractivity contribution in [3.8, 4) is 0 Å². The molecule has 0 fully saturated rings. The molecule has 0 aliphatic carbocycles. The first-order valence-corrected chi connectivity index (χ1v) is 7.64. The van der Waals surface area contributed by atoms with E-state index in [-0.39, 0.29) is 29.6 Å². The molecule has 1 unspecified atom stereocenters. The van der Waals surface area contributed by atoms with Crippen LogP contribution in [0.3, 0.4) is 0 Å². The molecule has 1 atom stereocenters. The molecule has 0 nitrogen and oxygen atoms in total. The summed E-state index contributed by atoms with van der Waals surface area (Å²) in [7, 11) is 0. The standard InChI is InChI=1S/C16H33.Na.H/c1-4-6-8-10-11-13-15-16(3)14-12-9-7-5-2;;/h16H,3-15H2,1-2H3;;. The molecule has 0 amide bonds. The van der Waals surface area contributed by atoms with Crippen LogP contribution in [0.15, 0.2) is 0 Å². The van der Waals surface area contributed by atoms with Crippen LogP contribution in [-0.2, 0) is 0 Å². The number of hydrogen-bond donors (Lipinski definition) is 0. The molecule has 0 aromatic rings. The fraction of sp³-hybridized carbons (Fsp3) is 0.938. The molecule has 0 aliphatic heterocycles. The zero-order chi connectivity index (χ0) is 12.1. The van der Waals surface area contributed by atoms with Gasteiger partial charge in [-0.3, -0.25) is 0 Å². The van der Waals surface area contributed by atoms with Gasteiger partial charge in [-0.05, 0) is 5.92 Å². The van der Waals surface area contributed by atoms with Crippen LogP contribution in [0.5, 0.6) is 0 Å². The number of rotatable bonds is 12. The summed E-state index contributed by atoms with van der Waals surface area (Å²) in [6.45, 7) is 8.83. The van der Waals surface area contributed by atoms with Crippen LogP contribution in [0.25, 0.3) is 0 Å². The van der Waals surface area contributed by atoms with Crippen molar-refractivity contribution < 1.29 is 0 Å². The zero-order valence-corrected chi connectivity index (χ0v) is 11.8. The first kappa shape index (κ1) is 20.3. The average Bonchev–Trinajstić information content (AvgIpc) is 2.29.